The van der Waals surface area contributed by atoms with Crippen LogP contribution in [-0.2, 0) is 18.6 Å². The van der Waals surface area contributed by atoms with Crippen LogP contribution in [0.3, 0.4) is 0 Å². The van der Waals surface area contributed by atoms with Gasteiger partial charge in [-0.2, -0.15) is 0 Å². The zero-order chi connectivity index (χ0) is 10.6. The summed E-state index contributed by atoms with van der Waals surface area (Å²) in [6.07, 6.45) is 0.584. The number of hydrogen-bond acceptors (Lipinski definition) is 4. The van der Waals surface area contributed by atoms with E-state index in [0.29, 0.717) is 13.2 Å². The standard InChI is InChI=1S/C7H16NO5P/c1-6(13-14(8,9)10)7-11-4-2-3-5-12-7/h6-7H,2-5H2,1H3,(H3,8,9,10). The molecular formula is C7H16NO5P. The fourth-order valence-electron chi connectivity index (χ4n) is 1.21. The van der Waals surface area contributed by atoms with Gasteiger partial charge in [-0.05, 0) is 19.8 Å². The van der Waals surface area contributed by atoms with Gasteiger partial charge >= 0.3 is 7.75 Å². The second kappa shape index (κ2) is 5.21. The molecule has 0 amide bonds. The van der Waals surface area contributed by atoms with Crippen molar-refractivity contribution in [2.75, 3.05) is 13.2 Å². The van der Waals surface area contributed by atoms with Crippen molar-refractivity contribution in [2.24, 2.45) is 5.50 Å². The Balaban J connectivity index is 2.41. The van der Waals surface area contributed by atoms with Crippen molar-refractivity contribution < 1.29 is 23.5 Å². The van der Waals surface area contributed by atoms with Gasteiger partial charge in [0.25, 0.3) is 0 Å². The summed E-state index contributed by atoms with van der Waals surface area (Å²) in [6.45, 7) is 2.73. The van der Waals surface area contributed by atoms with Gasteiger partial charge in [0.1, 0.15) is 6.10 Å². The molecule has 1 aliphatic rings. The van der Waals surface area contributed by atoms with Crippen LogP contribution in [0.15, 0.2) is 0 Å². The van der Waals surface area contributed by atoms with Crippen LogP contribution < -0.4 is 5.50 Å². The Morgan fingerprint density at radius 1 is 1.50 bits per heavy atom. The number of ether oxygens (including phenoxy) is 2. The van der Waals surface area contributed by atoms with Crippen LogP contribution in [0.25, 0.3) is 0 Å². The predicted molar refractivity (Wildman–Crippen MR) is 49.5 cm³/mol. The van der Waals surface area contributed by atoms with Crippen LogP contribution in [-0.4, -0.2) is 30.5 Å². The summed E-state index contributed by atoms with van der Waals surface area (Å²) in [4.78, 5) is 8.79. The van der Waals surface area contributed by atoms with Crippen molar-refractivity contribution in [1.29, 1.82) is 0 Å². The lowest BCUT2D eigenvalue weighted by Crippen LogP contribution is -2.31. The highest BCUT2D eigenvalue weighted by atomic mass is 31.2. The Morgan fingerprint density at radius 2 is 2.00 bits per heavy atom. The van der Waals surface area contributed by atoms with E-state index in [4.69, 9.17) is 19.9 Å². The molecule has 2 atom stereocenters. The van der Waals surface area contributed by atoms with Crippen LogP contribution in [0.5, 0.6) is 0 Å². The molecule has 6 nitrogen and oxygen atoms in total. The molecule has 3 N–H and O–H groups in total. The van der Waals surface area contributed by atoms with E-state index < -0.39 is 20.1 Å². The molecule has 0 aromatic heterocycles. The van der Waals surface area contributed by atoms with Crippen molar-refractivity contribution in [3.63, 3.8) is 0 Å². The van der Waals surface area contributed by atoms with Gasteiger partial charge in [0, 0.05) is 13.2 Å². The Labute approximate surface area is 82.9 Å². The minimum absolute atomic E-state index is 0.568. The fourth-order valence-corrected chi connectivity index (χ4v) is 1.79. The van der Waals surface area contributed by atoms with Gasteiger partial charge in [-0.1, -0.05) is 0 Å². The van der Waals surface area contributed by atoms with Crippen LogP contribution in [0.1, 0.15) is 19.8 Å². The first-order valence-electron chi connectivity index (χ1n) is 4.52. The molecule has 1 rings (SSSR count). The summed E-state index contributed by atoms with van der Waals surface area (Å²) < 4.78 is 26.0. The number of hydrogen-bond donors (Lipinski definition) is 2. The Kier molecular flexibility index (Phi) is 4.50. The van der Waals surface area contributed by atoms with Crippen molar-refractivity contribution in [2.45, 2.75) is 32.2 Å². The van der Waals surface area contributed by atoms with E-state index in [-0.39, 0.29) is 0 Å². The van der Waals surface area contributed by atoms with Crippen molar-refractivity contribution in [1.82, 2.24) is 0 Å². The van der Waals surface area contributed by atoms with Gasteiger partial charge in [0.15, 0.2) is 6.29 Å². The van der Waals surface area contributed by atoms with E-state index in [1.165, 1.54) is 0 Å². The van der Waals surface area contributed by atoms with Crippen molar-refractivity contribution in [3.8, 4) is 0 Å². The highest BCUT2D eigenvalue weighted by Gasteiger charge is 2.26. The lowest BCUT2D eigenvalue weighted by Gasteiger charge is -2.23. The van der Waals surface area contributed by atoms with E-state index in [1.807, 2.05) is 0 Å². The van der Waals surface area contributed by atoms with Crippen LogP contribution in [0.4, 0.5) is 0 Å². The molecule has 0 spiro atoms. The maximum absolute atomic E-state index is 10.8. The fraction of sp³-hybridized carbons (Fsp3) is 1.00. The molecule has 0 aromatic carbocycles. The van der Waals surface area contributed by atoms with E-state index >= 15 is 0 Å². The first kappa shape index (κ1) is 12.1. The highest BCUT2D eigenvalue weighted by Crippen LogP contribution is 2.34. The zero-order valence-corrected chi connectivity index (χ0v) is 8.98. The lowest BCUT2D eigenvalue weighted by molar-refractivity contribution is -0.171. The van der Waals surface area contributed by atoms with Crippen molar-refractivity contribution in [3.05, 3.63) is 0 Å². The van der Waals surface area contributed by atoms with E-state index in [2.05, 4.69) is 4.52 Å². The molecule has 2 unspecified atom stereocenters. The zero-order valence-electron chi connectivity index (χ0n) is 8.09. The lowest BCUT2D eigenvalue weighted by atomic mass is 10.3. The molecule has 0 radical (unpaired) electrons. The molecule has 1 saturated heterocycles. The topological polar surface area (TPSA) is 91.0 Å². The largest absolute Gasteiger partial charge is 0.400 e. The van der Waals surface area contributed by atoms with Gasteiger partial charge in [-0.25, -0.2) is 10.1 Å². The molecule has 7 heteroatoms. The molecular weight excluding hydrogens is 209 g/mol. The second-order valence-corrected chi connectivity index (χ2v) is 4.53. The minimum atomic E-state index is -3.96. The maximum Gasteiger partial charge on any atom is 0.400 e. The summed E-state index contributed by atoms with van der Waals surface area (Å²) in [6, 6.07) is 0. The summed E-state index contributed by atoms with van der Waals surface area (Å²) in [5.41, 5.74) is 4.86. The second-order valence-electron chi connectivity index (χ2n) is 3.19. The molecule has 0 aliphatic carbocycles. The quantitative estimate of drug-likeness (QED) is 0.683. The third-order valence-corrected chi connectivity index (χ3v) is 2.44. The average molecular weight is 225 g/mol. The number of rotatable bonds is 3. The number of nitrogens with two attached hydrogens (primary N) is 1. The van der Waals surface area contributed by atoms with Gasteiger partial charge < -0.3 is 14.4 Å². The SMILES string of the molecule is CC(OP(N)(=O)O)C1OCCCCO1. The van der Waals surface area contributed by atoms with Gasteiger partial charge in [-0.3, -0.25) is 4.52 Å². The minimum Gasteiger partial charge on any atom is -0.350 e. The summed E-state index contributed by atoms with van der Waals surface area (Å²) in [5, 5.41) is 0. The molecule has 14 heavy (non-hydrogen) atoms. The molecule has 0 aromatic rings. The highest BCUT2D eigenvalue weighted by molar-refractivity contribution is 7.50. The molecule has 1 heterocycles. The van der Waals surface area contributed by atoms with E-state index in [0.717, 1.165) is 12.8 Å². The first-order chi connectivity index (χ1) is 6.49. The Morgan fingerprint density at radius 3 is 2.43 bits per heavy atom. The Bertz CT molecular complexity index is 210. The van der Waals surface area contributed by atoms with Crippen LogP contribution >= 0.6 is 7.75 Å². The molecule has 84 valence electrons. The average Bonchev–Trinajstić information content (AvgIpc) is 2.27. The molecule has 1 fully saturated rings. The van der Waals surface area contributed by atoms with Crippen LogP contribution in [0, 0.1) is 0 Å². The van der Waals surface area contributed by atoms with Gasteiger partial charge in [0.05, 0.1) is 0 Å². The molecule has 0 saturated carbocycles. The smallest absolute Gasteiger partial charge is 0.350 e. The third-order valence-electron chi connectivity index (χ3n) is 1.80. The van der Waals surface area contributed by atoms with E-state index in [1.54, 1.807) is 6.92 Å². The normalized spacial score (nSPS) is 26.5. The maximum atomic E-state index is 10.8. The van der Waals surface area contributed by atoms with Gasteiger partial charge in [0.2, 0.25) is 0 Å². The van der Waals surface area contributed by atoms with Crippen molar-refractivity contribution >= 4 is 7.75 Å². The van der Waals surface area contributed by atoms with E-state index in [9.17, 15) is 4.57 Å². The molecule has 1 aliphatic heterocycles. The monoisotopic (exact) mass is 225 g/mol. The summed E-state index contributed by atoms with van der Waals surface area (Å²) in [5.74, 6) is 0. The summed E-state index contributed by atoms with van der Waals surface area (Å²) >= 11 is 0. The van der Waals surface area contributed by atoms with Crippen LogP contribution in [0.2, 0.25) is 0 Å². The predicted octanol–water partition coefficient (Wildman–Crippen LogP) is 0.604. The van der Waals surface area contributed by atoms with Gasteiger partial charge in [-0.15, -0.1) is 0 Å². The molecule has 0 bridgehead atoms. The third kappa shape index (κ3) is 4.50. The summed E-state index contributed by atoms with van der Waals surface area (Å²) in [7, 11) is -3.96. The first-order valence-corrected chi connectivity index (χ1v) is 6.17. The Hall–Kier alpha value is 0.0300.